The van der Waals surface area contributed by atoms with Crippen molar-refractivity contribution in [3.05, 3.63) is 40.9 Å². The second-order valence-corrected chi connectivity index (χ2v) is 5.52. The molecule has 20 heavy (non-hydrogen) atoms. The Morgan fingerprint density at radius 2 is 2.10 bits per heavy atom. The van der Waals surface area contributed by atoms with Gasteiger partial charge in [-0.2, -0.15) is 0 Å². The third-order valence-corrected chi connectivity index (χ3v) is 3.51. The highest BCUT2D eigenvalue weighted by molar-refractivity contribution is 9.10. The van der Waals surface area contributed by atoms with Gasteiger partial charge in [-0.25, -0.2) is 0 Å². The van der Waals surface area contributed by atoms with Gasteiger partial charge in [0.1, 0.15) is 0 Å². The van der Waals surface area contributed by atoms with Gasteiger partial charge < -0.3 is 15.7 Å². The zero-order chi connectivity index (χ0) is 14.5. The summed E-state index contributed by atoms with van der Waals surface area (Å²) in [6, 6.07) is 6.81. The van der Waals surface area contributed by atoms with E-state index >= 15 is 0 Å². The van der Waals surface area contributed by atoms with E-state index in [1.165, 1.54) is 0 Å². The van der Waals surface area contributed by atoms with Crippen molar-refractivity contribution in [3.63, 3.8) is 0 Å². The van der Waals surface area contributed by atoms with Crippen LogP contribution in [0.4, 0.5) is 5.69 Å². The van der Waals surface area contributed by atoms with Gasteiger partial charge in [0.05, 0.1) is 0 Å². The summed E-state index contributed by atoms with van der Waals surface area (Å²) in [4.78, 5) is 23.5. The normalized spacial score (nSPS) is 20.7. The number of benzene rings is 1. The molecule has 0 spiro atoms. The highest BCUT2D eigenvalue weighted by Gasteiger charge is 2.22. The van der Waals surface area contributed by atoms with Gasteiger partial charge in [0.25, 0.3) is 0 Å². The van der Waals surface area contributed by atoms with Crippen LogP contribution in [0, 0.1) is 5.92 Å². The fraction of sp³-hybridized carbons (Fsp3) is 0.286. The van der Waals surface area contributed by atoms with Gasteiger partial charge in [0, 0.05) is 28.7 Å². The van der Waals surface area contributed by atoms with E-state index in [0.29, 0.717) is 12.1 Å². The van der Waals surface area contributed by atoms with Crippen LogP contribution >= 0.6 is 15.9 Å². The molecule has 1 aromatic rings. The van der Waals surface area contributed by atoms with Crippen molar-refractivity contribution < 1.29 is 14.7 Å². The lowest BCUT2D eigenvalue weighted by molar-refractivity contribution is -0.136. The molecular weight excluding hydrogens is 324 g/mol. The molecule has 2 atom stereocenters. The molecule has 0 saturated carbocycles. The summed E-state index contributed by atoms with van der Waals surface area (Å²) in [7, 11) is 0. The minimum Gasteiger partial charge on any atom is -0.396 e. The van der Waals surface area contributed by atoms with Crippen molar-refractivity contribution in [2.45, 2.75) is 12.5 Å². The molecule has 1 aliphatic rings. The number of amides is 2. The number of aliphatic hydroxyl groups excluding tert-OH is 1. The number of aliphatic hydroxyl groups is 1. The predicted molar refractivity (Wildman–Crippen MR) is 79.0 cm³/mol. The fourth-order valence-corrected chi connectivity index (χ4v) is 2.40. The van der Waals surface area contributed by atoms with Gasteiger partial charge in [-0.1, -0.05) is 34.1 Å². The van der Waals surface area contributed by atoms with Crippen molar-refractivity contribution in [1.82, 2.24) is 5.32 Å². The van der Waals surface area contributed by atoms with Gasteiger partial charge in [0.15, 0.2) is 0 Å². The summed E-state index contributed by atoms with van der Waals surface area (Å²) in [6.07, 6.45) is 4.26. The smallest absolute Gasteiger partial charge is 0.313 e. The van der Waals surface area contributed by atoms with E-state index in [1.54, 1.807) is 24.3 Å². The molecule has 1 aromatic carbocycles. The van der Waals surface area contributed by atoms with Crippen LogP contribution in [0.25, 0.3) is 0 Å². The molecule has 0 heterocycles. The Morgan fingerprint density at radius 1 is 1.30 bits per heavy atom. The molecule has 0 fully saturated rings. The number of anilines is 1. The number of hydrogen-bond acceptors (Lipinski definition) is 3. The lowest BCUT2D eigenvalue weighted by Crippen LogP contribution is -2.40. The molecule has 0 bridgehead atoms. The van der Waals surface area contributed by atoms with Gasteiger partial charge >= 0.3 is 11.8 Å². The summed E-state index contributed by atoms with van der Waals surface area (Å²) in [5.41, 5.74) is 0.551. The van der Waals surface area contributed by atoms with Gasteiger partial charge in [-0.05, 0) is 24.6 Å². The van der Waals surface area contributed by atoms with E-state index in [2.05, 4.69) is 26.6 Å². The van der Waals surface area contributed by atoms with Crippen molar-refractivity contribution in [1.29, 1.82) is 0 Å². The summed E-state index contributed by atoms with van der Waals surface area (Å²) >= 11 is 3.29. The third-order valence-electron chi connectivity index (χ3n) is 3.01. The second kappa shape index (κ2) is 6.67. The molecule has 6 heteroatoms. The van der Waals surface area contributed by atoms with Gasteiger partial charge in [-0.15, -0.1) is 0 Å². The average molecular weight is 339 g/mol. The first-order chi connectivity index (χ1) is 9.58. The summed E-state index contributed by atoms with van der Waals surface area (Å²) in [6.45, 7) is 0.0487. The Kier molecular flexibility index (Phi) is 4.92. The molecule has 0 aliphatic heterocycles. The van der Waals surface area contributed by atoms with Crippen LogP contribution in [0.2, 0.25) is 0 Å². The molecule has 1 aliphatic carbocycles. The minimum absolute atomic E-state index is 0.0487. The summed E-state index contributed by atoms with van der Waals surface area (Å²) < 4.78 is 0.820. The highest BCUT2D eigenvalue weighted by atomic mass is 79.9. The molecule has 0 unspecified atom stereocenters. The van der Waals surface area contributed by atoms with Crippen molar-refractivity contribution in [2.75, 3.05) is 11.9 Å². The molecule has 2 rings (SSSR count). The third kappa shape index (κ3) is 3.91. The first kappa shape index (κ1) is 14.7. The Balaban J connectivity index is 1.87. The first-order valence-electron chi connectivity index (χ1n) is 6.25. The number of carbonyl (C=O) groups is 2. The van der Waals surface area contributed by atoms with E-state index in [4.69, 9.17) is 5.11 Å². The molecule has 3 N–H and O–H groups in total. The molecule has 0 saturated heterocycles. The average Bonchev–Trinajstić information content (AvgIpc) is 2.86. The van der Waals surface area contributed by atoms with Crippen LogP contribution in [-0.2, 0) is 9.59 Å². The maximum atomic E-state index is 11.8. The quantitative estimate of drug-likeness (QED) is 0.576. The van der Waals surface area contributed by atoms with Crippen LogP contribution in [0.5, 0.6) is 0 Å². The van der Waals surface area contributed by atoms with E-state index < -0.39 is 11.8 Å². The monoisotopic (exact) mass is 338 g/mol. The van der Waals surface area contributed by atoms with Crippen LogP contribution in [-0.4, -0.2) is 29.6 Å². The minimum atomic E-state index is -0.705. The van der Waals surface area contributed by atoms with Crippen LogP contribution < -0.4 is 10.6 Å². The molecule has 2 amide bonds. The topological polar surface area (TPSA) is 78.4 Å². The SMILES string of the molecule is O=C(Nc1cccc(Br)c1)C(=O)N[C@@H]1C=C[C@H](CO)C1. The Bertz CT molecular complexity index is 545. The lowest BCUT2D eigenvalue weighted by atomic mass is 10.1. The van der Waals surface area contributed by atoms with Gasteiger partial charge in [-0.3, -0.25) is 9.59 Å². The van der Waals surface area contributed by atoms with Gasteiger partial charge in [0.2, 0.25) is 0 Å². The largest absolute Gasteiger partial charge is 0.396 e. The van der Waals surface area contributed by atoms with E-state index in [-0.39, 0.29) is 18.6 Å². The number of halogens is 1. The van der Waals surface area contributed by atoms with E-state index in [9.17, 15) is 9.59 Å². The highest BCUT2D eigenvalue weighted by Crippen LogP contribution is 2.17. The standard InChI is InChI=1S/C14H15BrN2O3/c15-10-2-1-3-11(7-10)16-13(19)14(20)17-12-5-4-9(6-12)8-18/h1-5,7,9,12,18H,6,8H2,(H,16,19)(H,17,20)/t9-,12+/m0/s1. The summed E-state index contributed by atoms with van der Waals surface area (Å²) in [5.74, 6) is -1.34. The van der Waals surface area contributed by atoms with Crippen LogP contribution in [0.15, 0.2) is 40.9 Å². The first-order valence-corrected chi connectivity index (χ1v) is 7.04. The number of carbonyl (C=O) groups excluding carboxylic acids is 2. The number of rotatable bonds is 3. The zero-order valence-electron chi connectivity index (χ0n) is 10.7. The van der Waals surface area contributed by atoms with Crippen LogP contribution in [0.1, 0.15) is 6.42 Å². The van der Waals surface area contributed by atoms with Crippen molar-refractivity contribution >= 4 is 33.4 Å². The molecule has 5 nitrogen and oxygen atoms in total. The van der Waals surface area contributed by atoms with Crippen molar-refractivity contribution in [2.24, 2.45) is 5.92 Å². The Labute approximate surface area is 125 Å². The Morgan fingerprint density at radius 3 is 2.75 bits per heavy atom. The van der Waals surface area contributed by atoms with Crippen LogP contribution in [0.3, 0.4) is 0 Å². The van der Waals surface area contributed by atoms with E-state index in [1.807, 2.05) is 12.1 Å². The van der Waals surface area contributed by atoms with Crippen molar-refractivity contribution in [3.8, 4) is 0 Å². The second-order valence-electron chi connectivity index (χ2n) is 4.61. The summed E-state index contributed by atoms with van der Waals surface area (Å²) in [5, 5.41) is 14.1. The maximum absolute atomic E-state index is 11.8. The van der Waals surface area contributed by atoms with E-state index in [0.717, 1.165) is 4.47 Å². The fourth-order valence-electron chi connectivity index (χ4n) is 2.01. The number of hydrogen-bond donors (Lipinski definition) is 3. The lowest BCUT2D eigenvalue weighted by Gasteiger charge is -2.12. The predicted octanol–water partition coefficient (Wildman–Crippen LogP) is 1.44. The molecule has 0 aromatic heterocycles. The maximum Gasteiger partial charge on any atom is 0.313 e. The Hall–Kier alpha value is -1.66. The molecule has 0 radical (unpaired) electrons. The molecule has 106 valence electrons. The molecular formula is C14H15BrN2O3. The number of nitrogens with one attached hydrogen (secondary N) is 2. The zero-order valence-corrected chi connectivity index (χ0v) is 12.3.